The third kappa shape index (κ3) is 3.65. The normalized spacial score (nSPS) is 15.0. The smallest absolute Gasteiger partial charge is 0.237 e. The molecule has 0 aliphatic carbocycles. The predicted octanol–water partition coefficient (Wildman–Crippen LogP) is 3.80. The minimum atomic E-state index is -1.04. The molecule has 0 fully saturated rings. The Kier molecular flexibility index (Phi) is 5.22. The SMILES string of the molecule is CC1(C)c2nc(-c3ccc(F)cc3)c(Oc3ccc(F)c(F)c3)n2CCN1C(=O)CN. The van der Waals surface area contributed by atoms with Crippen LogP contribution in [-0.4, -0.2) is 33.4 Å². The topological polar surface area (TPSA) is 73.4 Å². The molecule has 6 nitrogen and oxygen atoms in total. The van der Waals surface area contributed by atoms with E-state index in [1.54, 1.807) is 21.6 Å². The second kappa shape index (κ2) is 7.73. The molecule has 1 aliphatic heterocycles. The molecule has 2 N–H and O–H groups in total. The quantitative estimate of drug-likeness (QED) is 0.684. The van der Waals surface area contributed by atoms with E-state index in [0.29, 0.717) is 36.1 Å². The lowest BCUT2D eigenvalue weighted by Gasteiger charge is -2.42. The summed E-state index contributed by atoms with van der Waals surface area (Å²) >= 11 is 0. The highest BCUT2D eigenvalue weighted by atomic mass is 19.2. The number of hydrogen-bond acceptors (Lipinski definition) is 4. The number of amides is 1. The molecule has 1 aliphatic rings. The maximum absolute atomic E-state index is 13.7. The first-order valence-electron chi connectivity index (χ1n) is 9.72. The van der Waals surface area contributed by atoms with Crippen LogP contribution in [0, 0.1) is 17.5 Å². The summed E-state index contributed by atoms with van der Waals surface area (Å²) in [5.41, 5.74) is 5.74. The van der Waals surface area contributed by atoms with Gasteiger partial charge >= 0.3 is 0 Å². The Morgan fingerprint density at radius 3 is 2.45 bits per heavy atom. The van der Waals surface area contributed by atoms with Crippen molar-refractivity contribution in [3.63, 3.8) is 0 Å². The number of hydrogen-bond donors (Lipinski definition) is 1. The largest absolute Gasteiger partial charge is 0.438 e. The van der Waals surface area contributed by atoms with Crippen molar-refractivity contribution in [1.82, 2.24) is 14.5 Å². The molecule has 0 atom stereocenters. The maximum atomic E-state index is 13.7. The van der Waals surface area contributed by atoms with E-state index in [4.69, 9.17) is 15.5 Å². The van der Waals surface area contributed by atoms with Crippen LogP contribution in [0.5, 0.6) is 11.6 Å². The molecule has 1 amide bonds. The van der Waals surface area contributed by atoms with Crippen LogP contribution in [0.15, 0.2) is 42.5 Å². The zero-order chi connectivity index (χ0) is 22.3. The summed E-state index contributed by atoms with van der Waals surface area (Å²) in [5.74, 6) is -1.74. The van der Waals surface area contributed by atoms with Crippen molar-refractivity contribution in [2.45, 2.75) is 25.9 Å². The summed E-state index contributed by atoms with van der Waals surface area (Å²) in [6.07, 6.45) is 0. The molecule has 2 aromatic carbocycles. The number of imidazole rings is 1. The van der Waals surface area contributed by atoms with Crippen LogP contribution in [0.3, 0.4) is 0 Å². The van der Waals surface area contributed by atoms with E-state index in [9.17, 15) is 18.0 Å². The fourth-order valence-corrected chi connectivity index (χ4v) is 3.81. The minimum Gasteiger partial charge on any atom is -0.438 e. The first-order chi connectivity index (χ1) is 14.7. The fraction of sp³-hybridized carbons (Fsp3) is 0.273. The zero-order valence-electron chi connectivity index (χ0n) is 17.0. The van der Waals surface area contributed by atoms with Gasteiger partial charge in [-0.15, -0.1) is 0 Å². The fourth-order valence-electron chi connectivity index (χ4n) is 3.81. The predicted molar refractivity (Wildman–Crippen MR) is 108 cm³/mol. The highest BCUT2D eigenvalue weighted by molar-refractivity contribution is 5.79. The van der Waals surface area contributed by atoms with Gasteiger partial charge < -0.3 is 15.4 Å². The molecule has 0 saturated carbocycles. The second-order valence-corrected chi connectivity index (χ2v) is 7.73. The number of nitrogens with zero attached hydrogens (tertiary/aromatic N) is 3. The molecular weight excluding hydrogens is 409 g/mol. The molecule has 2 heterocycles. The van der Waals surface area contributed by atoms with Crippen LogP contribution in [0.1, 0.15) is 19.7 Å². The van der Waals surface area contributed by atoms with Gasteiger partial charge in [-0.25, -0.2) is 18.2 Å². The average molecular weight is 430 g/mol. The number of aromatic nitrogens is 2. The third-order valence-electron chi connectivity index (χ3n) is 5.39. The van der Waals surface area contributed by atoms with Gasteiger partial charge in [0.05, 0.1) is 12.1 Å². The molecule has 0 radical (unpaired) electrons. The summed E-state index contributed by atoms with van der Waals surface area (Å²) in [6, 6.07) is 8.93. The van der Waals surface area contributed by atoms with Gasteiger partial charge in [-0.3, -0.25) is 9.36 Å². The number of carbonyl (C=O) groups is 1. The molecule has 3 aromatic rings. The Labute approximate surface area is 177 Å². The molecule has 9 heteroatoms. The summed E-state index contributed by atoms with van der Waals surface area (Å²) in [5, 5.41) is 0. The van der Waals surface area contributed by atoms with Crippen LogP contribution < -0.4 is 10.5 Å². The van der Waals surface area contributed by atoms with E-state index in [1.807, 2.05) is 13.8 Å². The van der Waals surface area contributed by atoms with E-state index < -0.39 is 23.0 Å². The summed E-state index contributed by atoms with van der Waals surface area (Å²) in [7, 11) is 0. The monoisotopic (exact) mass is 430 g/mol. The van der Waals surface area contributed by atoms with Gasteiger partial charge in [0.2, 0.25) is 11.8 Å². The van der Waals surface area contributed by atoms with Crippen LogP contribution in [-0.2, 0) is 16.9 Å². The van der Waals surface area contributed by atoms with Crippen LogP contribution in [0.2, 0.25) is 0 Å². The summed E-state index contributed by atoms with van der Waals surface area (Å²) in [4.78, 5) is 18.7. The number of fused-ring (bicyclic) bond motifs is 1. The molecule has 0 unspecified atom stereocenters. The summed E-state index contributed by atoms with van der Waals surface area (Å²) in [6.45, 7) is 4.27. The highest BCUT2D eigenvalue weighted by Crippen LogP contribution is 2.41. The van der Waals surface area contributed by atoms with Gasteiger partial charge in [0.1, 0.15) is 23.1 Å². The lowest BCUT2D eigenvalue weighted by Crippen LogP contribution is -2.53. The van der Waals surface area contributed by atoms with E-state index in [1.165, 1.54) is 18.2 Å². The number of carbonyl (C=O) groups excluding carboxylic acids is 1. The second-order valence-electron chi connectivity index (χ2n) is 7.73. The van der Waals surface area contributed by atoms with Crippen LogP contribution in [0.25, 0.3) is 11.3 Å². The molecule has 1 aromatic heterocycles. The van der Waals surface area contributed by atoms with Gasteiger partial charge in [-0.05, 0) is 50.2 Å². The van der Waals surface area contributed by atoms with E-state index >= 15 is 0 Å². The van der Waals surface area contributed by atoms with Gasteiger partial charge in [0.15, 0.2) is 11.6 Å². The first kappa shape index (κ1) is 20.9. The maximum Gasteiger partial charge on any atom is 0.237 e. The van der Waals surface area contributed by atoms with E-state index in [2.05, 4.69) is 0 Å². The Balaban J connectivity index is 1.86. The molecule has 4 rings (SSSR count). The van der Waals surface area contributed by atoms with Crippen LogP contribution in [0.4, 0.5) is 13.2 Å². The third-order valence-corrected chi connectivity index (χ3v) is 5.39. The van der Waals surface area contributed by atoms with Crippen molar-refractivity contribution in [3.8, 4) is 22.9 Å². The van der Waals surface area contributed by atoms with Crippen LogP contribution >= 0.6 is 0 Å². The Morgan fingerprint density at radius 2 is 1.81 bits per heavy atom. The Hall–Kier alpha value is -3.33. The summed E-state index contributed by atoms with van der Waals surface area (Å²) < 4.78 is 48.3. The number of rotatable bonds is 4. The Bertz CT molecular complexity index is 1140. The molecule has 0 saturated heterocycles. The van der Waals surface area contributed by atoms with Crippen molar-refractivity contribution in [2.24, 2.45) is 5.73 Å². The number of halogens is 3. The average Bonchev–Trinajstić information content (AvgIpc) is 3.10. The minimum absolute atomic E-state index is 0.0863. The number of benzene rings is 2. The van der Waals surface area contributed by atoms with Crippen molar-refractivity contribution >= 4 is 5.91 Å². The molecule has 0 bridgehead atoms. The molecular formula is C22H21F3N4O2. The van der Waals surface area contributed by atoms with Gasteiger partial charge in [0.25, 0.3) is 0 Å². The standard InChI is InChI=1S/C22H21F3N4O2/c1-22(2)21-27-19(13-3-5-14(23)6-4-13)20(28(21)9-10-29(22)18(30)12-26)31-15-7-8-16(24)17(25)11-15/h3-8,11H,9-10,12,26H2,1-2H3. The van der Waals surface area contributed by atoms with Gasteiger partial charge in [0, 0.05) is 24.7 Å². The van der Waals surface area contributed by atoms with E-state index in [-0.39, 0.29) is 18.2 Å². The zero-order valence-corrected chi connectivity index (χ0v) is 17.0. The lowest BCUT2D eigenvalue weighted by atomic mass is 9.99. The van der Waals surface area contributed by atoms with Gasteiger partial charge in [-0.2, -0.15) is 0 Å². The van der Waals surface area contributed by atoms with Crippen molar-refractivity contribution < 1.29 is 22.7 Å². The molecule has 31 heavy (non-hydrogen) atoms. The molecule has 0 spiro atoms. The number of nitrogens with two attached hydrogens (primary N) is 1. The first-order valence-corrected chi connectivity index (χ1v) is 9.72. The van der Waals surface area contributed by atoms with Gasteiger partial charge in [-0.1, -0.05) is 0 Å². The Morgan fingerprint density at radius 1 is 1.10 bits per heavy atom. The van der Waals surface area contributed by atoms with Crippen molar-refractivity contribution in [1.29, 1.82) is 0 Å². The number of ether oxygens (including phenoxy) is 1. The van der Waals surface area contributed by atoms with Crippen molar-refractivity contribution in [3.05, 3.63) is 65.7 Å². The molecule has 162 valence electrons. The highest BCUT2D eigenvalue weighted by Gasteiger charge is 2.41. The van der Waals surface area contributed by atoms with Crippen molar-refractivity contribution in [2.75, 3.05) is 13.1 Å². The lowest BCUT2D eigenvalue weighted by molar-refractivity contribution is -0.137. The van der Waals surface area contributed by atoms with E-state index in [0.717, 1.165) is 12.1 Å².